The Labute approximate surface area is 81.4 Å². The van der Waals surface area contributed by atoms with E-state index in [2.05, 4.69) is 27.7 Å². The first kappa shape index (κ1) is 16.6. The van der Waals surface area contributed by atoms with E-state index in [-0.39, 0.29) is 35.5 Å². The molecule has 0 radical (unpaired) electrons. The second-order valence-electron chi connectivity index (χ2n) is 2.35. The molecule has 0 aromatic carbocycles. The minimum Gasteiger partial charge on any atom is -1.00 e. The SMILES string of the molecule is CC[C-](C)C(C)C.[Cl-].[Mg+2]. The maximum atomic E-state index is 2.23. The van der Waals surface area contributed by atoms with E-state index in [0.717, 1.165) is 5.92 Å². The molecule has 0 N–H and O–H groups in total. The Morgan fingerprint density at radius 1 is 1.33 bits per heavy atom. The molecule has 0 aliphatic rings. The average molecular weight is 159 g/mol. The van der Waals surface area contributed by atoms with E-state index in [0.29, 0.717) is 0 Å². The second-order valence-corrected chi connectivity index (χ2v) is 2.35. The molecule has 0 aliphatic heterocycles. The summed E-state index contributed by atoms with van der Waals surface area (Å²) in [7, 11) is 0. The Kier molecular flexibility index (Phi) is 16.7. The molecule has 0 saturated heterocycles. The molecule has 0 fully saturated rings. The summed E-state index contributed by atoms with van der Waals surface area (Å²) in [5, 5.41) is 0. The van der Waals surface area contributed by atoms with Crippen LogP contribution in [0.25, 0.3) is 0 Å². The van der Waals surface area contributed by atoms with Crippen molar-refractivity contribution in [1.82, 2.24) is 0 Å². The third kappa shape index (κ3) is 9.06. The van der Waals surface area contributed by atoms with Crippen molar-refractivity contribution < 1.29 is 12.4 Å². The predicted octanol–water partition coefficient (Wildman–Crippen LogP) is -0.730. The summed E-state index contributed by atoms with van der Waals surface area (Å²) in [5.74, 6) is 2.38. The van der Waals surface area contributed by atoms with Crippen molar-refractivity contribution in [2.75, 3.05) is 0 Å². The average Bonchev–Trinajstić information content (AvgIpc) is 1.65. The Balaban J connectivity index is -0.000000180. The molecule has 0 rings (SSSR count). The van der Waals surface area contributed by atoms with Crippen LogP contribution in [-0.4, -0.2) is 23.1 Å². The van der Waals surface area contributed by atoms with Crippen LogP contribution in [-0.2, 0) is 0 Å². The van der Waals surface area contributed by atoms with Crippen LogP contribution >= 0.6 is 0 Å². The first-order chi connectivity index (χ1) is 3.18. The molecule has 0 aromatic rings. The van der Waals surface area contributed by atoms with Crippen molar-refractivity contribution in [3.8, 4) is 0 Å². The van der Waals surface area contributed by atoms with E-state index in [1.54, 1.807) is 5.92 Å². The van der Waals surface area contributed by atoms with Gasteiger partial charge in [-0.05, 0) is 0 Å². The number of rotatable bonds is 2. The Hall–Kier alpha value is 1.06. The summed E-state index contributed by atoms with van der Waals surface area (Å²) in [6.45, 7) is 8.89. The maximum Gasteiger partial charge on any atom is 2.00 e. The first-order valence-electron chi connectivity index (χ1n) is 3.00. The molecule has 0 spiro atoms. The fraction of sp³-hybridized carbons (Fsp3) is 0.857. The fourth-order valence-electron chi connectivity index (χ4n) is 0.408. The quantitative estimate of drug-likeness (QED) is 0.368. The van der Waals surface area contributed by atoms with E-state index >= 15 is 0 Å². The van der Waals surface area contributed by atoms with E-state index < -0.39 is 0 Å². The molecule has 0 unspecified atom stereocenters. The van der Waals surface area contributed by atoms with Gasteiger partial charge in [-0.2, -0.15) is 19.3 Å². The molecular weight excluding hydrogens is 144 g/mol. The predicted molar refractivity (Wildman–Crippen MR) is 39.8 cm³/mol. The van der Waals surface area contributed by atoms with Crippen LogP contribution < -0.4 is 12.4 Å². The summed E-state index contributed by atoms with van der Waals surface area (Å²) in [5.41, 5.74) is 0. The molecule has 9 heavy (non-hydrogen) atoms. The zero-order valence-corrected chi connectivity index (χ0v) is 9.04. The molecule has 0 amide bonds. The number of halogens is 1. The van der Waals surface area contributed by atoms with Crippen LogP contribution in [0.5, 0.6) is 0 Å². The van der Waals surface area contributed by atoms with E-state index in [1.165, 1.54) is 6.42 Å². The Morgan fingerprint density at radius 3 is 1.67 bits per heavy atom. The fourth-order valence-corrected chi connectivity index (χ4v) is 0.408. The van der Waals surface area contributed by atoms with Gasteiger partial charge in [-0.3, -0.25) is 0 Å². The summed E-state index contributed by atoms with van der Waals surface area (Å²) < 4.78 is 0. The monoisotopic (exact) mass is 158 g/mol. The van der Waals surface area contributed by atoms with Gasteiger partial charge in [0.1, 0.15) is 0 Å². The van der Waals surface area contributed by atoms with Gasteiger partial charge in [0.2, 0.25) is 0 Å². The zero-order chi connectivity index (χ0) is 5.86. The van der Waals surface area contributed by atoms with Crippen LogP contribution in [0.1, 0.15) is 34.1 Å². The summed E-state index contributed by atoms with van der Waals surface area (Å²) in [4.78, 5) is 0. The summed E-state index contributed by atoms with van der Waals surface area (Å²) in [6.07, 6.45) is 1.23. The van der Waals surface area contributed by atoms with Crippen LogP contribution in [0.15, 0.2) is 0 Å². The van der Waals surface area contributed by atoms with Crippen molar-refractivity contribution in [1.29, 1.82) is 0 Å². The summed E-state index contributed by atoms with van der Waals surface area (Å²) >= 11 is 0. The van der Waals surface area contributed by atoms with Crippen LogP contribution in [0.2, 0.25) is 0 Å². The van der Waals surface area contributed by atoms with Crippen molar-refractivity contribution in [2.45, 2.75) is 34.1 Å². The molecule has 0 aliphatic carbocycles. The molecular formula is C7H15ClMg. The molecule has 0 saturated carbocycles. The number of hydrogen-bond donors (Lipinski definition) is 0. The van der Waals surface area contributed by atoms with E-state index in [1.807, 2.05) is 0 Å². The normalized spacial score (nSPS) is 8.67. The molecule has 0 heterocycles. The molecule has 0 bridgehead atoms. The third-order valence-electron chi connectivity index (χ3n) is 1.54. The smallest absolute Gasteiger partial charge is 1.00 e. The first-order valence-corrected chi connectivity index (χ1v) is 3.00. The molecule has 2 heteroatoms. The van der Waals surface area contributed by atoms with Gasteiger partial charge in [0.15, 0.2) is 0 Å². The molecule has 0 aromatic heterocycles. The third-order valence-corrected chi connectivity index (χ3v) is 1.54. The summed E-state index contributed by atoms with van der Waals surface area (Å²) in [6, 6.07) is 0. The van der Waals surface area contributed by atoms with Gasteiger partial charge in [0, 0.05) is 0 Å². The molecule has 0 atom stereocenters. The second kappa shape index (κ2) is 9.06. The van der Waals surface area contributed by atoms with E-state index in [4.69, 9.17) is 0 Å². The minimum absolute atomic E-state index is 0. The molecule has 0 nitrogen and oxygen atoms in total. The Bertz CT molecular complexity index is 46.2. The zero-order valence-electron chi connectivity index (χ0n) is 6.87. The Morgan fingerprint density at radius 2 is 1.67 bits per heavy atom. The largest absolute Gasteiger partial charge is 2.00 e. The van der Waals surface area contributed by atoms with Crippen molar-refractivity contribution in [2.24, 2.45) is 5.92 Å². The van der Waals surface area contributed by atoms with Gasteiger partial charge in [-0.1, -0.05) is 20.8 Å². The van der Waals surface area contributed by atoms with E-state index in [9.17, 15) is 0 Å². The van der Waals surface area contributed by atoms with Gasteiger partial charge in [0.05, 0.1) is 0 Å². The standard InChI is InChI=1S/C7H15.ClH.Mg/c1-5-7(4)6(2)3;;/h6H,5H2,1-4H3;1H;/q-1;;+2/p-1. The van der Waals surface area contributed by atoms with Crippen LogP contribution in [0, 0.1) is 11.8 Å². The van der Waals surface area contributed by atoms with Crippen LogP contribution in [0.3, 0.4) is 0 Å². The topological polar surface area (TPSA) is 0 Å². The van der Waals surface area contributed by atoms with Gasteiger partial charge in [0.25, 0.3) is 0 Å². The van der Waals surface area contributed by atoms with Crippen molar-refractivity contribution in [3.63, 3.8) is 0 Å². The van der Waals surface area contributed by atoms with Gasteiger partial charge < -0.3 is 18.3 Å². The van der Waals surface area contributed by atoms with Gasteiger partial charge >= 0.3 is 23.1 Å². The minimum atomic E-state index is 0. The number of hydrogen-bond acceptors (Lipinski definition) is 0. The van der Waals surface area contributed by atoms with Crippen molar-refractivity contribution >= 4 is 23.1 Å². The van der Waals surface area contributed by atoms with Crippen LogP contribution in [0.4, 0.5) is 0 Å². The molecule has 52 valence electrons. The maximum absolute atomic E-state index is 2.23. The van der Waals surface area contributed by atoms with Gasteiger partial charge in [-0.25, -0.2) is 0 Å². The van der Waals surface area contributed by atoms with Gasteiger partial charge in [-0.15, -0.1) is 0 Å². The van der Waals surface area contributed by atoms with Crippen molar-refractivity contribution in [3.05, 3.63) is 5.92 Å².